The minimum Gasteiger partial charge on any atom is -0.356 e. The van der Waals surface area contributed by atoms with Gasteiger partial charge in [0.15, 0.2) is 5.76 Å². The van der Waals surface area contributed by atoms with E-state index in [0.717, 1.165) is 23.2 Å². The summed E-state index contributed by atoms with van der Waals surface area (Å²) in [6.07, 6.45) is 3.13. The van der Waals surface area contributed by atoms with Crippen molar-refractivity contribution in [1.82, 2.24) is 15.0 Å². The Morgan fingerprint density at radius 2 is 1.68 bits per heavy atom. The normalized spacial score (nSPS) is 15.0. The number of fused-ring (bicyclic) bond motifs is 2. The lowest BCUT2D eigenvalue weighted by atomic mass is 10.00. The van der Waals surface area contributed by atoms with Gasteiger partial charge in [0.25, 0.3) is 11.8 Å². The number of carbonyl (C=O) groups is 3. The predicted octanol–water partition coefficient (Wildman–Crippen LogP) is 4.22. The zero-order chi connectivity index (χ0) is 23.7. The van der Waals surface area contributed by atoms with Gasteiger partial charge in [-0.25, -0.2) is 4.39 Å². The molecule has 2 aromatic carbocycles. The van der Waals surface area contributed by atoms with Gasteiger partial charge in [0.05, 0.1) is 17.7 Å². The first-order valence-corrected chi connectivity index (χ1v) is 11.5. The molecule has 5 rings (SSSR count). The molecule has 0 unspecified atom stereocenters. The summed E-state index contributed by atoms with van der Waals surface area (Å²) in [5, 5.41) is 4.14. The minimum atomic E-state index is -0.308. The SMILES string of the molecule is O=C(CCCCCN1C(=O)c2ccccc2C1=O)N1CCc2c(noc2-c2ccc(F)cc2)C1. The Hall–Kier alpha value is -3.81. The summed E-state index contributed by atoms with van der Waals surface area (Å²) >= 11 is 0. The molecule has 0 aliphatic carbocycles. The van der Waals surface area contributed by atoms with Crippen LogP contribution in [0.4, 0.5) is 4.39 Å². The van der Waals surface area contributed by atoms with Crippen LogP contribution in [0.25, 0.3) is 11.3 Å². The second-order valence-corrected chi connectivity index (χ2v) is 8.63. The molecule has 0 spiro atoms. The summed E-state index contributed by atoms with van der Waals surface area (Å²) in [6, 6.07) is 13.0. The van der Waals surface area contributed by atoms with E-state index in [1.807, 2.05) is 0 Å². The number of rotatable bonds is 7. The first-order chi connectivity index (χ1) is 16.5. The van der Waals surface area contributed by atoms with E-state index in [-0.39, 0.29) is 23.5 Å². The molecule has 0 saturated heterocycles. The highest BCUT2D eigenvalue weighted by molar-refractivity contribution is 6.21. The molecule has 34 heavy (non-hydrogen) atoms. The molecule has 2 aliphatic rings. The summed E-state index contributed by atoms with van der Waals surface area (Å²) in [5.74, 6) is -0.104. The van der Waals surface area contributed by atoms with Gasteiger partial charge in [-0.1, -0.05) is 23.7 Å². The summed E-state index contributed by atoms with van der Waals surface area (Å²) in [7, 11) is 0. The van der Waals surface area contributed by atoms with Gasteiger partial charge < -0.3 is 9.42 Å². The molecule has 1 aromatic heterocycles. The third-order valence-electron chi connectivity index (χ3n) is 6.45. The van der Waals surface area contributed by atoms with Crippen LogP contribution in [0.1, 0.15) is 57.7 Å². The predicted molar refractivity (Wildman–Crippen MR) is 121 cm³/mol. The van der Waals surface area contributed by atoms with E-state index in [1.54, 1.807) is 41.3 Å². The Kier molecular flexibility index (Phi) is 5.96. The number of benzene rings is 2. The van der Waals surface area contributed by atoms with Crippen LogP contribution < -0.4 is 0 Å². The maximum Gasteiger partial charge on any atom is 0.261 e. The lowest BCUT2D eigenvalue weighted by Gasteiger charge is -2.26. The van der Waals surface area contributed by atoms with Crippen LogP contribution in [0.2, 0.25) is 0 Å². The van der Waals surface area contributed by atoms with Crippen molar-refractivity contribution in [2.75, 3.05) is 13.1 Å². The number of halogens is 1. The maximum atomic E-state index is 13.2. The maximum absolute atomic E-state index is 13.2. The fourth-order valence-corrected chi connectivity index (χ4v) is 4.60. The molecule has 7 nitrogen and oxygen atoms in total. The van der Waals surface area contributed by atoms with E-state index < -0.39 is 0 Å². The van der Waals surface area contributed by atoms with Crippen molar-refractivity contribution in [3.8, 4) is 11.3 Å². The molecule has 0 atom stereocenters. The first-order valence-electron chi connectivity index (χ1n) is 11.5. The van der Waals surface area contributed by atoms with Gasteiger partial charge in [0.2, 0.25) is 5.91 Å². The number of carbonyl (C=O) groups excluding carboxylic acids is 3. The van der Waals surface area contributed by atoms with Crippen molar-refractivity contribution in [2.24, 2.45) is 0 Å². The second-order valence-electron chi connectivity index (χ2n) is 8.63. The standard InChI is InChI=1S/C26H24FN3O4/c27-18-11-9-17(10-12-18)24-21-13-15-29(16-22(21)28-34-24)23(31)8-2-1-5-14-30-25(32)19-6-3-4-7-20(19)26(30)33/h3-4,6-7,9-12H,1-2,5,8,13-16H2. The number of amides is 3. The fraction of sp³-hybridized carbons (Fsp3) is 0.308. The quantitative estimate of drug-likeness (QED) is 0.389. The summed E-state index contributed by atoms with van der Waals surface area (Å²) < 4.78 is 18.7. The molecule has 3 aromatic rings. The zero-order valence-corrected chi connectivity index (χ0v) is 18.6. The van der Waals surface area contributed by atoms with Crippen molar-refractivity contribution < 1.29 is 23.3 Å². The van der Waals surface area contributed by atoms with Gasteiger partial charge in [0.1, 0.15) is 11.5 Å². The Labute approximate surface area is 196 Å². The summed E-state index contributed by atoms with van der Waals surface area (Å²) in [5.41, 5.74) is 3.40. The highest BCUT2D eigenvalue weighted by Gasteiger charge is 2.34. The van der Waals surface area contributed by atoms with Crippen molar-refractivity contribution in [3.63, 3.8) is 0 Å². The average molecular weight is 461 g/mol. The molecule has 0 bridgehead atoms. The third-order valence-corrected chi connectivity index (χ3v) is 6.45. The van der Waals surface area contributed by atoms with E-state index in [1.165, 1.54) is 17.0 Å². The van der Waals surface area contributed by atoms with Gasteiger partial charge in [-0.05, 0) is 55.7 Å². The van der Waals surface area contributed by atoms with Crippen molar-refractivity contribution >= 4 is 17.7 Å². The largest absolute Gasteiger partial charge is 0.356 e. The lowest BCUT2D eigenvalue weighted by molar-refractivity contribution is -0.132. The number of nitrogens with zero attached hydrogens (tertiary/aromatic N) is 3. The molecule has 0 saturated carbocycles. The molecular formula is C26H24FN3O4. The van der Waals surface area contributed by atoms with E-state index in [0.29, 0.717) is 62.2 Å². The third kappa shape index (κ3) is 4.11. The number of hydrogen-bond donors (Lipinski definition) is 0. The van der Waals surface area contributed by atoms with E-state index in [2.05, 4.69) is 5.16 Å². The second kappa shape index (κ2) is 9.21. The summed E-state index contributed by atoms with van der Waals surface area (Å²) in [4.78, 5) is 40.6. The van der Waals surface area contributed by atoms with Crippen LogP contribution in [-0.4, -0.2) is 45.8 Å². The molecule has 0 N–H and O–H groups in total. The number of unbranched alkanes of at least 4 members (excludes halogenated alkanes) is 2. The lowest BCUT2D eigenvalue weighted by Crippen LogP contribution is -2.35. The first kappa shape index (κ1) is 22.0. The molecule has 8 heteroatoms. The van der Waals surface area contributed by atoms with Gasteiger partial charge in [-0.2, -0.15) is 0 Å². The smallest absolute Gasteiger partial charge is 0.261 e. The van der Waals surface area contributed by atoms with Crippen molar-refractivity contribution in [2.45, 2.75) is 38.6 Å². The van der Waals surface area contributed by atoms with E-state index >= 15 is 0 Å². The van der Waals surface area contributed by atoms with Crippen molar-refractivity contribution in [3.05, 3.63) is 76.7 Å². The molecule has 3 amide bonds. The number of imide groups is 1. The minimum absolute atomic E-state index is 0.0534. The number of aromatic nitrogens is 1. The van der Waals surface area contributed by atoms with Crippen LogP contribution in [0, 0.1) is 5.82 Å². The van der Waals surface area contributed by atoms with E-state index in [4.69, 9.17) is 4.52 Å². The summed E-state index contributed by atoms with van der Waals surface area (Å²) in [6.45, 7) is 1.34. The van der Waals surface area contributed by atoms with Crippen LogP contribution >= 0.6 is 0 Å². The van der Waals surface area contributed by atoms with Crippen LogP contribution in [-0.2, 0) is 17.8 Å². The topological polar surface area (TPSA) is 83.7 Å². The van der Waals surface area contributed by atoms with Gasteiger partial charge in [-0.15, -0.1) is 0 Å². The zero-order valence-electron chi connectivity index (χ0n) is 18.6. The fourth-order valence-electron chi connectivity index (χ4n) is 4.60. The Morgan fingerprint density at radius 3 is 2.38 bits per heavy atom. The van der Waals surface area contributed by atoms with Crippen LogP contribution in [0.5, 0.6) is 0 Å². The van der Waals surface area contributed by atoms with Gasteiger partial charge >= 0.3 is 0 Å². The Bertz CT molecular complexity index is 1220. The molecule has 2 aliphatic heterocycles. The monoisotopic (exact) mass is 461 g/mol. The molecule has 0 radical (unpaired) electrons. The van der Waals surface area contributed by atoms with Gasteiger partial charge in [-0.3, -0.25) is 19.3 Å². The molecule has 0 fully saturated rings. The van der Waals surface area contributed by atoms with E-state index in [9.17, 15) is 18.8 Å². The Balaban J connectivity index is 1.09. The van der Waals surface area contributed by atoms with Crippen molar-refractivity contribution in [1.29, 1.82) is 0 Å². The highest BCUT2D eigenvalue weighted by Crippen LogP contribution is 2.30. The van der Waals surface area contributed by atoms with Gasteiger partial charge in [0, 0.05) is 30.6 Å². The molecular weight excluding hydrogens is 437 g/mol. The highest BCUT2D eigenvalue weighted by atomic mass is 19.1. The van der Waals surface area contributed by atoms with Crippen LogP contribution in [0.3, 0.4) is 0 Å². The average Bonchev–Trinajstić information content (AvgIpc) is 3.38. The molecule has 3 heterocycles. The molecule has 174 valence electrons. The number of hydrogen-bond acceptors (Lipinski definition) is 5. The van der Waals surface area contributed by atoms with Crippen LogP contribution in [0.15, 0.2) is 53.1 Å². The Morgan fingerprint density at radius 1 is 0.971 bits per heavy atom.